The summed E-state index contributed by atoms with van der Waals surface area (Å²) >= 11 is 13.0. The van der Waals surface area contributed by atoms with Crippen LogP contribution in [0.5, 0.6) is 0 Å². The Bertz CT molecular complexity index is 1500. The van der Waals surface area contributed by atoms with Gasteiger partial charge in [-0.05, 0) is 68.0 Å². The predicted octanol–water partition coefficient (Wildman–Crippen LogP) is 7.70. The van der Waals surface area contributed by atoms with Crippen LogP contribution >= 0.6 is 23.2 Å². The minimum atomic E-state index is -1.02. The van der Waals surface area contributed by atoms with E-state index in [1.165, 1.54) is 0 Å². The van der Waals surface area contributed by atoms with Gasteiger partial charge in [-0.25, -0.2) is 9.78 Å². The summed E-state index contributed by atoms with van der Waals surface area (Å²) in [6, 6.07) is 14.9. The lowest BCUT2D eigenvalue weighted by Gasteiger charge is -2.32. The van der Waals surface area contributed by atoms with Crippen LogP contribution in [0.4, 0.5) is 5.69 Å². The van der Waals surface area contributed by atoms with Crippen LogP contribution in [0.15, 0.2) is 59.1 Å². The molecule has 188 valence electrons. The van der Waals surface area contributed by atoms with Crippen LogP contribution in [0, 0.1) is 5.92 Å². The fraction of sp³-hybridized carbons (Fsp3) is 0.276. The molecule has 1 aliphatic carbocycles. The summed E-state index contributed by atoms with van der Waals surface area (Å²) < 4.78 is 5.79. The summed E-state index contributed by atoms with van der Waals surface area (Å²) in [6.07, 6.45) is 8.71. The number of piperidine rings is 1. The molecule has 2 aromatic heterocycles. The predicted molar refractivity (Wildman–Crippen MR) is 147 cm³/mol. The third-order valence-corrected chi connectivity index (χ3v) is 7.87. The number of aromatic nitrogens is 2. The van der Waals surface area contributed by atoms with Crippen LogP contribution in [0.2, 0.25) is 10.0 Å². The summed E-state index contributed by atoms with van der Waals surface area (Å²) in [5.74, 6) is 0.764. The first-order valence-corrected chi connectivity index (χ1v) is 13.2. The standard InChI is InChI=1S/C29H25Cl2N3O3/c30-22-2-1-3-23(31)26(22)27-21(28(37-33-27)18-5-6-18)9-4-17-12-14-34(15-13-17)20-8-11-24-19(16-20)7-10-25(32-24)29(35)36/h1-4,7-11,16-18H,5-6,12-15H2,(H,35,36)/b9-4+. The SMILES string of the molecule is O=C(O)c1ccc2cc(N3CCC(/C=C/c4c(-c5c(Cl)cccc5Cl)noc4C4CC4)CC3)ccc2n1. The molecular formula is C29H25Cl2N3O3. The van der Waals surface area contributed by atoms with E-state index >= 15 is 0 Å². The molecule has 6 rings (SSSR count). The van der Waals surface area contributed by atoms with E-state index in [9.17, 15) is 9.90 Å². The molecule has 8 heteroatoms. The second-order valence-corrected chi connectivity index (χ2v) is 10.6. The highest BCUT2D eigenvalue weighted by atomic mass is 35.5. The van der Waals surface area contributed by atoms with E-state index < -0.39 is 5.97 Å². The van der Waals surface area contributed by atoms with Gasteiger partial charge in [-0.1, -0.05) is 52.6 Å². The highest BCUT2D eigenvalue weighted by Crippen LogP contribution is 2.46. The van der Waals surface area contributed by atoms with Crippen LogP contribution in [0.25, 0.3) is 28.2 Å². The molecule has 3 heterocycles. The molecule has 2 aromatic carbocycles. The zero-order chi connectivity index (χ0) is 25.5. The van der Waals surface area contributed by atoms with E-state index in [1.807, 2.05) is 36.4 Å². The fourth-order valence-electron chi connectivity index (χ4n) is 5.03. The Morgan fingerprint density at radius 3 is 2.49 bits per heavy atom. The number of anilines is 1. The molecule has 1 aliphatic heterocycles. The van der Waals surface area contributed by atoms with E-state index in [0.29, 0.717) is 33.1 Å². The van der Waals surface area contributed by atoms with E-state index in [0.717, 1.165) is 66.7 Å². The van der Waals surface area contributed by atoms with E-state index in [4.69, 9.17) is 27.7 Å². The number of hydrogen-bond donors (Lipinski definition) is 1. The van der Waals surface area contributed by atoms with Crippen molar-refractivity contribution in [2.45, 2.75) is 31.6 Å². The molecule has 0 atom stereocenters. The van der Waals surface area contributed by atoms with Gasteiger partial charge < -0.3 is 14.5 Å². The Labute approximate surface area is 224 Å². The lowest BCUT2D eigenvalue weighted by molar-refractivity contribution is 0.0691. The minimum Gasteiger partial charge on any atom is -0.477 e. The van der Waals surface area contributed by atoms with Crippen LogP contribution in [-0.4, -0.2) is 34.3 Å². The summed E-state index contributed by atoms with van der Waals surface area (Å²) in [6.45, 7) is 1.87. The Hall–Kier alpha value is -3.35. The van der Waals surface area contributed by atoms with Crippen molar-refractivity contribution < 1.29 is 14.4 Å². The molecular weight excluding hydrogens is 509 g/mol. The van der Waals surface area contributed by atoms with Gasteiger partial charge in [-0.3, -0.25) is 0 Å². The number of carboxylic acid groups (broad SMARTS) is 1. The number of aromatic carboxylic acids is 1. The highest BCUT2D eigenvalue weighted by molar-refractivity contribution is 6.39. The quantitative estimate of drug-likeness (QED) is 0.273. The second kappa shape index (κ2) is 9.84. The number of rotatable bonds is 6. The Morgan fingerprint density at radius 2 is 1.78 bits per heavy atom. The first-order valence-electron chi connectivity index (χ1n) is 12.5. The normalized spacial score (nSPS) is 16.6. The highest BCUT2D eigenvalue weighted by Gasteiger charge is 2.32. The summed E-state index contributed by atoms with van der Waals surface area (Å²) in [5.41, 5.74) is 4.30. The minimum absolute atomic E-state index is 0.0606. The van der Waals surface area contributed by atoms with Gasteiger partial charge >= 0.3 is 5.97 Å². The number of allylic oxidation sites excluding steroid dienone is 1. The molecule has 0 amide bonds. The number of carboxylic acids is 1. The van der Waals surface area contributed by atoms with Crippen molar-refractivity contribution >= 4 is 51.8 Å². The summed E-state index contributed by atoms with van der Waals surface area (Å²) in [5, 5.41) is 15.6. The number of fused-ring (bicyclic) bond motifs is 1. The first kappa shape index (κ1) is 24.0. The Balaban J connectivity index is 1.18. The lowest BCUT2D eigenvalue weighted by Crippen LogP contribution is -2.33. The molecule has 0 bridgehead atoms. The van der Waals surface area contributed by atoms with Gasteiger partial charge in [-0.2, -0.15) is 0 Å². The maximum Gasteiger partial charge on any atom is 0.354 e. The zero-order valence-corrected chi connectivity index (χ0v) is 21.5. The van der Waals surface area contributed by atoms with Gasteiger partial charge in [0.25, 0.3) is 0 Å². The molecule has 1 N–H and O–H groups in total. The smallest absolute Gasteiger partial charge is 0.354 e. The van der Waals surface area contributed by atoms with E-state index in [2.05, 4.69) is 33.3 Å². The van der Waals surface area contributed by atoms with Gasteiger partial charge in [0.1, 0.15) is 17.1 Å². The summed E-state index contributed by atoms with van der Waals surface area (Å²) in [7, 11) is 0. The monoisotopic (exact) mass is 533 g/mol. The topological polar surface area (TPSA) is 79.5 Å². The van der Waals surface area contributed by atoms with Gasteiger partial charge in [-0.15, -0.1) is 0 Å². The van der Waals surface area contributed by atoms with Crippen molar-refractivity contribution in [1.82, 2.24) is 10.1 Å². The maximum absolute atomic E-state index is 11.2. The van der Waals surface area contributed by atoms with Crippen molar-refractivity contribution in [2.75, 3.05) is 18.0 Å². The summed E-state index contributed by atoms with van der Waals surface area (Å²) in [4.78, 5) is 17.8. The molecule has 4 aromatic rings. The van der Waals surface area contributed by atoms with E-state index in [-0.39, 0.29) is 5.69 Å². The average molecular weight is 534 g/mol. The van der Waals surface area contributed by atoms with E-state index in [1.54, 1.807) is 6.07 Å². The number of halogens is 2. The number of carbonyl (C=O) groups is 1. The third kappa shape index (κ3) is 4.83. The number of benzene rings is 2. The number of hydrogen-bond acceptors (Lipinski definition) is 5. The zero-order valence-electron chi connectivity index (χ0n) is 20.0. The van der Waals surface area contributed by atoms with Crippen LogP contribution in [0.3, 0.4) is 0 Å². The first-order chi connectivity index (χ1) is 18.0. The Kier molecular flexibility index (Phi) is 6.39. The van der Waals surface area contributed by atoms with Crippen LogP contribution in [0.1, 0.15) is 53.4 Å². The largest absolute Gasteiger partial charge is 0.477 e. The molecule has 6 nitrogen and oxygen atoms in total. The van der Waals surface area contributed by atoms with Crippen molar-refractivity contribution in [3.05, 3.63) is 81.7 Å². The second-order valence-electron chi connectivity index (χ2n) is 9.74. The maximum atomic E-state index is 11.2. The number of pyridine rings is 1. The van der Waals surface area contributed by atoms with Gasteiger partial charge in [0.15, 0.2) is 0 Å². The molecule has 0 unspecified atom stereocenters. The van der Waals surface area contributed by atoms with Crippen molar-refractivity contribution in [3.8, 4) is 11.3 Å². The molecule has 2 fully saturated rings. The molecule has 2 aliphatic rings. The van der Waals surface area contributed by atoms with Crippen molar-refractivity contribution in [1.29, 1.82) is 0 Å². The van der Waals surface area contributed by atoms with Crippen molar-refractivity contribution in [2.24, 2.45) is 5.92 Å². The average Bonchev–Trinajstić information content (AvgIpc) is 3.67. The number of nitrogens with zero attached hydrogens (tertiary/aromatic N) is 3. The molecule has 1 saturated heterocycles. The lowest BCUT2D eigenvalue weighted by atomic mass is 9.94. The molecule has 1 saturated carbocycles. The van der Waals surface area contributed by atoms with Gasteiger partial charge in [0.05, 0.1) is 15.6 Å². The molecule has 0 spiro atoms. The Morgan fingerprint density at radius 1 is 1.03 bits per heavy atom. The van der Waals surface area contributed by atoms with Gasteiger partial charge in [0.2, 0.25) is 0 Å². The fourth-order valence-corrected chi connectivity index (χ4v) is 5.60. The van der Waals surface area contributed by atoms with Gasteiger partial charge in [0, 0.05) is 41.2 Å². The van der Waals surface area contributed by atoms with Crippen molar-refractivity contribution in [3.63, 3.8) is 0 Å². The van der Waals surface area contributed by atoms with Crippen LogP contribution in [-0.2, 0) is 0 Å². The molecule has 37 heavy (non-hydrogen) atoms. The third-order valence-electron chi connectivity index (χ3n) is 7.24. The molecule has 0 radical (unpaired) electrons. The van der Waals surface area contributed by atoms with Crippen LogP contribution < -0.4 is 4.90 Å².